The van der Waals surface area contributed by atoms with Crippen molar-refractivity contribution in [2.24, 2.45) is 0 Å². The van der Waals surface area contributed by atoms with Crippen LogP contribution in [0.2, 0.25) is 0 Å². The summed E-state index contributed by atoms with van der Waals surface area (Å²) in [5, 5.41) is 0. The van der Waals surface area contributed by atoms with E-state index < -0.39 is 0 Å². The van der Waals surface area contributed by atoms with Crippen molar-refractivity contribution < 1.29 is 0 Å². The van der Waals surface area contributed by atoms with Crippen molar-refractivity contribution >= 4 is 23.4 Å². The first-order chi connectivity index (χ1) is 5.43. The summed E-state index contributed by atoms with van der Waals surface area (Å²) in [7, 11) is 0. The van der Waals surface area contributed by atoms with Gasteiger partial charge in [-0.1, -0.05) is 35.9 Å². The lowest BCUT2D eigenvalue weighted by Gasteiger charge is -1.94. The lowest BCUT2D eigenvalue weighted by atomic mass is 10.4. The normalized spacial score (nSPS) is 10.6. The standard InChI is InChI=1S/C9H9ClS/c10-7-4-8-11-9-5-2-1-3-6-9/h1-7H,8H2/b7-4+. The van der Waals surface area contributed by atoms with Gasteiger partial charge in [0.1, 0.15) is 0 Å². The summed E-state index contributed by atoms with van der Waals surface area (Å²) >= 11 is 7.15. The van der Waals surface area contributed by atoms with Gasteiger partial charge in [-0.2, -0.15) is 0 Å². The summed E-state index contributed by atoms with van der Waals surface area (Å²) in [6.45, 7) is 0. The van der Waals surface area contributed by atoms with Crippen molar-refractivity contribution in [2.45, 2.75) is 4.90 Å². The van der Waals surface area contributed by atoms with Crippen LogP contribution in [0.3, 0.4) is 0 Å². The molecule has 0 aliphatic rings. The van der Waals surface area contributed by atoms with Crippen molar-refractivity contribution in [1.29, 1.82) is 0 Å². The van der Waals surface area contributed by atoms with Gasteiger partial charge in [0.2, 0.25) is 0 Å². The molecule has 0 atom stereocenters. The molecular weight excluding hydrogens is 176 g/mol. The molecule has 0 unspecified atom stereocenters. The SMILES string of the molecule is Cl/C=C/CSc1ccccc1. The van der Waals surface area contributed by atoms with Crippen molar-refractivity contribution in [1.82, 2.24) is 0 Å². The molecule has 0 radical (unpaired) electrons. The van der Waals surface area contributed by atoms with E-state index in [4.69, 9.17) is 11.6 Å². The van der Waals surface area contributed by atoms with Crippen LogP contribution in [0.5, 0.6) is 0 Å². The van der Waals surface area contributed by atoms with E-state index in [9.17, 15) is 0 Å². The summed E-state index contributed by atoms with van der Waals surface area (Å²) in [6, 6.07) is 10.3. The van der Waals surface area contributed by atoms with E-state index in [-0.39, 0.29) is 0 Å². The Balaban J connectivity index is 2.39. The summed E-state index contributed by atoms with van der Waals surface area (Å²) in [5.41, 5.74) is 1.55. The molecule has 0 nitrogen and oxygen atoms in total. The zero-order valence-electron chi connectivity index (χ0n) is 6.03. The lowest BCUT2D eigenvalue weighted by molar-refractivity contribution is 1.46. The van der Waals surface area contributed by atoms with Gasteiger partial charge in [-0.05, 0) is 12.1 Å². The monoisotopic (exact) mass is 184 g/mol. The van der Waals surface area contributed by atoms with E-state index in [0.29, 0.717) is 0 Å². The molecule has 0 amide bonds. The zero-order chi connectivity index (χ0) is 7.94. The Labute approximate surface area is 76.3 Å². The molecule has 2 heteroatoms. The Morgan fingerprint density at radius 3 is 2.64 bits per heavy atom. The summed E-state index contributed by atoms with van der Waals surface area (Å²) < 4.78 is 0. The molecule has 1 aromatic carbocycles. The van der Waals surface area contributed by atoms with E-state index in [1.54, 1.807) is 17.3 Å². The van der Waals surface area contributed by atoms with Crippen molar-refractivity contribution in [3.05, 3.63) is 41.9 Å². The molecule has 0 saturated carbocycles. The Bertz CT molecular complexity index is 218. The quantitative estimate of drug-likeness (QED) is 0.648. The first-order valence-electron chi connectivity index (χ1n) is 3.36. The number of rotatable bonds is 3. The van der Waals surface area contributed by atoms with Gasteiger partial charge in [0.25, 0.3) is 0 Å². The van der Waals surface area contributed by atoms with Gasteiger partial charge >= 0.3 is 0 Å². The molecule has 0 spiro atoms. The molecule has 1 aromatic rings. The smallest absolute Gasteiger partial charge is 0.0172 e. The molecule has 0 bridgehead atoms. The van der Waals surface area contributed by atoms with Crippen LogP contribution in [0.15, 0.2) is 46.8 Å². The van der Waals surface area contributed by atoms with Crippen molar-refractivity contribution in [3.8, 4) is 0 Å². The zero-order valence-corrected chi connectivity index (χ0v) is 7.61. The maximum atomic E-state index is 5.37. The second-order valence-corrected chi connectivity index (χ2v) is 3.33. The van der Waals surface area contributed by atoms with Crippen LogP contribution in [0, 0.1) is 0 Å². The largest absolute Gasteiger partial charge is 0.122 e. The van der Waals surface area contributed by atoms with Gasteiger partial charge in [0.15, 0.2) is 0 Å². The van der Waals surface area contributed by atoms with Gasteiger partial charge in [0, 0.05) is 16.2 Å². The number of thioether (sulfide) groups is 1. The fraction of sp³-hybridized carbons (Fsp3) is 0.111. The molecule has 0 saturated heterocycles. The predicted molar refractivity (Wildman–Crippen MR) is 52.2 cm³/mol. The Kier molecular flexibility index (Phi) is 4.17. The highest BCUT2D eigenvalue weighted by Gasteiger charge is 1.86. The third-order valence-corrected chi connectivity index (χ3v) is 2.32. The molecule has 0 fully saturated rings. The minimum atomic E-state index is 0.938. The molecule has 0 aliphatic heterocycles. The third kappa shape index (κ3) is 3.49. The minimum Gasteiger partial charge on any atom is -0.122 e. The average molecular weight is 185 g/mol. The van der Waals surface area contributed by atoms with Crippen molar-refractivity contribution in [2.75, 3.05) is 5.75 Å². The van der Waals surface area contributed by atoms with Crippen LogP contribution >= 0.6 is 23.4 Å². The van der Waals surface area contributed by atoms with Gasteiger partial charge in [-0.3, -0.25) is 0 Å². The van der Waals surface area contributed by atoms with Gasteiger partial charge in [-0.15, -0.1) is 11.8 Å². The summed E-state index contributed by atoms with van der Waals surface area (Å²) in [6.07, 6.45) is 1.93. The molecular formula is C9H9ClS. The maximum absolute atomic E-state index is 5.37. The number of halogens is 1. The van der Waals surface area contributed by atoms with E-state index >= 15 is 0 Å². The molecule has 0 aliphatic carbocycles. The maximum Gasteiger partial charge on any atom is 0.0172 e. The van der Waals surface area contributed by atoms with E-state index in [0.717, 1.165) is 5.75 Å². The third-order valence-electron chi connectivity index (χ3n) is 1.18. The fourth-order valence-corrected chi connectivity index (χ4v) is 1.63. The van der Waals surface area contributed by atoms with E-state index in [1.807, 2.05) is 24.3 Å². The minimum absolute atomic E-state index is 0.938. The average Bonchev–Trinajstić information content (AvgIpc) is 2.07. The van der Waals surface area contributed by atoms with Gasteiger partial charge in [0.05, 0.1) is 0 Å². The highest BCUT2D eigenvalue weighted by atomic mass is 35.5. The topological polar surface area (TPSA) is 0 Å². The molecule has 0 heterocycles. The number of hydrogen-bond donors (Lipinski definition) is 0. The van der Waals surface area contributed by atoms with Crippen molar-refractivity contribution in [3.63, 3.8) is 0 Å². The molecule has 58 valence electrons. The fourth-order valence-electron chi connectivity index (χ4n) is 0.697. The Morgan fingerprint density at radius 1 is 1.27 bits per heavy atom. The van der Waals surface area contributed by atoms with Crippen LogP contribution < -0.4 is 0 Å². The molecule has 1 rings (SSSR count). The molecule has 0 N–H and O–H groups in total. The predicted octanol–water partition coefficient (Wildman–Crippen LogP) is 3.53. The summed E-state index contributed by atoms with van der Waals surface area (Å²) in [5.74, 6) is 0.938. The second-order valence-electron chi connectivity index (χ2n) is 1.99. The first kappa shape index (κ1) is 8.69. The highest BCUT2D eigenvalue weighted by Crippen LogP contribution is 2.16. The van der Waals surface area contributed by atoms with Crippen LogP contribution in [-0.2, 0) is 0 Å². The van der Waals surface area contributed by atoms with Gasteiger partial charge < -0.3 is 0 Å². The summed E-state index contributed by atoms with van der Waals surface area (Å²) in [4.78, 5) is 1.28. The Hall–Kier alpha value is -0.400. The number of benzene rings is 1. The molecule has 11 heavy (non-hydrogen) atoms. The van der Waals surface area contributed by atoms with E-state index in [1.165, 1.54) is 4.90 Å². The van der Waals surface area contributed by atoms with Crippen LogP contribution in [0.4, 0.5) is 0 Å². The molecule has 0 aromatic heterocycles. The van der Waals surface area contributed by atoms with Crippen LogP contribution in [0.25, 0.3) is 0 Å². The second kappa shape index (κ2) is 5.28. The number of hydrogen-bond acceptors (Lipinski definition) is 1. The highest BCUT2D eigenvalue weighted by molar-refractivity contribution is 7.99. The first-order valence-corrected chi connectivity index (χ1v) is 4.79. The van der Waals surface area contributed by atoms with Gasteiger partial charge in [-0.25, -0.2) is 0 Å². The Morgan fingerprint density at radius 2 is 2.00 bits per heavy atom. The van der Waals surface area contributed by atoms with Crippen LogP contribution in [-0.4, -0.2) is 5.75 Å². The lowest BCUT2D eigenvalue weighted by Crippen LogP contribution is -1.70. The van der Waals surface area contributed by atoms with Crippen LogP contribution in [0.1, 0.15) is 0 Å². The van der Waals surface area contributed by atoms with E-state index in [2.05, 4.69) is 12.1 Å².